The van der Waals surface area contributed by atoms with E-state index in [2.05, 4.69) is 35.1 Å². The number of rotatable bonds is 10. The van der Waals surface area contributed by atoms with Gasteiger partial charge in [-0.2, -0.15) is 9.78 Å². The smallest absolute Gasteiger partial charge is 0.344 e. The van der Waals surface area contributed by atoms with E-state index in [0.29, 0.717) is 37.0 Å². The number of hydrogen-bond acceptors (Lipinski definition) is 7. The number of benzene rings is 1. The Bertz CT molecular complexity index is 1000. The van der Waals surface area contributed by atoms with Crippen molar-refractivity contribution in [1.82, 2.24) is 5.01 Å². The first-order valence-electron chi connectivity index (χ1n) is 11.9. The average Bonchev–Trinajstić information content (AvgIpc) is 3.31. The predicted octanol–water partition coefficient (Wildman–Crippen LogP) is 3.74. The molecule has 1 amide bonds. The molecule has 0 spiro atoms. The molecule has 4 atom stereocenters. The molecule has 9 nitrogen and oxygen atoms in total. The largest absolute Gasteiger partial charge is 0.490 e. The summed E-state index contributed by atoms with van der Waals surface area (Å²) in [4.78, 5) is 26.0. The molecule has 35 heavy (non-hydrogen) atoms. The Labute approximate surface area is 207 Å². The summed E-state index contributed by atoms with van der Waals surface area (Å²) in [5, 5.41) is 16.1. The highest BCUT2D eigenvalue weighted by Gasteiger charge is 2.58. The second-order valence-electron chi connectivity index (χ2n) is 10.1. The van der Waals surface area contributed by atoms with E-state index in [-0.39, 0.29) is 24.5 Å². The first kappa shape index (κ1) is 27.6. The van der Waals surface area contributed by atoms with Gasteiger partial charge in [0.05, 0.1) is 5.71 Å². The maximum Gasteiger partial charge on any atom is 0.344 e. The zero-order valence-electron chi connectivity index (χ0n) is 21.2. The number of allylic oxidation sites excluding steroid dienone is 1. The average molecular weight is 509 g/mol. The molecule has 1 saturated carbocycles. The summed E-state index contributed by atoms with van der Waals surface area (Å²) in [6, 6.07) is 3.95. The van der Waals surface area contributed by atoms with Crippen molar-refractivity contribution in [3.63, 3.8) is 0 Å². The van der Waals surface area contributed by atoms with Crippen molar-refractivity contribution in [3.05, 3.63) is 41.0 Å². The minimum atomic E-state index is -3.21. The number of aliphatic hydroxyl groups is 1. The Balaban J connectivity index is 1.55. The molecule has 4 unspecified atom stereocenters. The van der Waals surface area contributed by atoms with E-state index < -0.39 is 14.4 Å². The zero-order valence-corrected chi connectivity index (χ0v) is 22.2. The molecular weight excluding hydrogens is 471 g/mol. The first-order valence-corrected chi connectivity index (χ1v) is 13.2. The molecule has 0 bridgehead atoms. The van der Waals surface area contributed by atoms with Crippen LogP contribution in [0.15, 0.2) is 29.4 Å². The van der Waals surface area contributed by atoms with E-state index in [0.717, 1.165) is 34.4 Å². The Morgan fingerprint density at radius 1 is 1.29 bits per heavy atom. The molecule has 0 aromatic heterocycles. The molecule has 1 aromatic rings. The molecular formula is C25H37N2O7P. The van der Waals surface area contributed by atoms with Crippen molar-refractivity contribution in [2.75, 3.05) is 19.8 Å². The minimum absolute atomic E-state index is 0.000438. The van der Waals surface area contributed by atoms with Gasteiger partial charge in [0.15, 0.2) is 0 Å². The molecule has 0 radical (unpaired) electrons. The highest BCUT2D eigenvalue weighted by Crippen LogP contribution is 2.63. The van der Waals surface area contributed by atoms with E-state index in [9.17, 15) is 14.5 Å². The standard InChI is InChI=1S/C25H37N2O7P/c1-15-11-19(12-16(2)24(15)32-13-20(28)14-33-34-35(30)31)7-8-22(29)27-10-9-21-23(25(21,5)6)17(3)18(4)26-27/h11-12,20-21,23,28,35H,3,7-10,13-14H2,1-2,4-6H3,(H,30,31)/b26-18-. The van der Waals surface area contributed by atoms with Crippen LogP contribution in [0.4, 0.5) is 0 Å². The monoisotopic (exact) mass is 508 g/mol. The second-order valence-corrected chi connectivity index (χ2v) is 10.8. The maximum atomic E-state index is 13.0. The maximum absolute atomic E-state index is 13.0. The normalized spacial score (nSPS) is 24.5. The molecule has 2 N–H and O–H groups in total. The third-order valence-corrected chi connectivity index (χ3v) is 7.32. The van der Waals surface area contributed by atoms with Crippen LogP contribution in [0.5, 0.6) is 5.75 Å². The van der Waals surface area contributed by atoms with Crippen LogP contribution in [-0.4, -0.2) is 52.5 Å². The Morgan fingerprint density at radius 3 is 2.57 bits per heavy atom. The topological polar surface area (TPSA) is 118 Å². The Kier molecular flexibility index (Phi) is 8.94. The lowest BCUT2D eigenvalue weighted by Gasteiger charge is -2.21. The quantitative estimate of drug-likeness (QED) is 0.281. The number of aryl methyl sites for hydroxylation is 3. The lowest BCUT2D eigenvalue weighted by molar-refractivity contribution is -0.226. The van der Waals surface area contributed by atoms with Crippen LogP contribution in [0.25, 0.3) is 0 Å². The molecule has 194 valence electrons. The summed E-state index contributed by atoms with van der Waals surface area (Å²) in [5.74, 6) is 1.65. The zero-order chi connectivity index (χ0) is 25.9. The molecule has 1 aromatic carbocycles. The van der Waals surface area contributed by atoms with E-state index in [4.69, 9.17) is 9.63 Å². The number of carbonyl (C=O) groups is 1. The number of ether oxygens (including phenoxy) is 1. The van der Waals surface area contributed by atoms with Crippen molar-refractivity contribution in [3.8, 4) is 5.75 Å². The molecule has 1 aliphatic carbocycles. The van der Waals surface area contributed by atoms with Crippen LogP contribution < -0.4 is 4.74 Å². The molecule has 1 fully saturated rings. The number of hydrogen-bond donors (Lipinski definition) is 2. The summed E-state index contributed by atoms with van der Waals surface area (Å²) >= 11 is 0. The van der Waals surface area contributed by atoms with Gasteiger partial charge in [0.1, 0.15) is 25.1 Å². The van der Waals surface area contributed by atoms with E-state index in [1.165, 1.54) is 0 Å². The fraction of sp³-hybridized carbons (Fsp3) is 0.600. The van der Waals surface area contributed by atoms with Gasteiger partial charge in [-0.15, -0.1) is 0 Å². The van der Waals surface area contributed by atoms with Gasteiger partial charge in [0.25, 0.3) is 0 Å². The third-order valence-electron chi connectivity index (χ3n) is 7.06. The molecule has 0 saturated heterocycles. The van der Waals surface area contributed by atoms with Gasteiger partial charge in [-0.25, -0.2) is 9.90 Å². The van der Waals surface area contributed by atoms with Crippen molar-refractivity contribution in [1.29, 1.82) is 0 Å². The summed E-state index contributed by atoms with van der Waals surface area (Å²) in [5.41, 5.74) is 4.91. The van der Waals surface area contributed by atoms with E-state index in [1.807, 2.05) is 32.9 Å². The molecule has 2 aliphatic rings. The van der Waals surface area contributed by atoms with Crippen LogP contribution in [0, 0.1) is 31.1 Å². The van der Waals surface area contributed by atoms with Crippen LogP contribution in [-0.2, 0) is 25.3 Å². The number of amides is 1. The number of aliphatic hydroxyl groups excluding tert-OH is 1. The molecule has 10 heteroatoms. The van der Waals surface area contributed by atoms with Gasteiger partial charge in [-0.05, 0) is 73.1 Å². The van der Waals surface area contributed by atoms with E-state index >= 15 is 0 Å². The van der Waals surface area contributed by atoms with Gasteiger partial charge in [-0.3, -0.25) is 9.36 Å². The Hall–Kier alpha value is -2.03. The second kappa shape index (κ2) is 11.4. The number of nitrogens with zero attached hydrogens (tertiary/aromatic N) is 2. The fourth-order valence-electron chi connectivity index (χ4n) is 5.12. The highest BCUT2D eigenvalue weighted by atomic mass is 31.1. The molecule has 1 heterocycles. The van der Waals surface area contributed by atoms with Gasteiger partial charge in [-0.1, -0.05) is 32.6 Å². The fourth-order valence-corrected chi connectivity index (χ4v) is 5.29. The summed E-state index contributed by atoms with van der Waals surface area (Å²) in [7, 11) is -3.21. The van der Waals surface area contributed by atoms with Crippen LogP contribution >= 0.6 is 8.25 Å². The van der Waals surface area contributed by atoms with Crippen molar-refractivity contribution in [2.45, 2.75) is 60.0 Å². The SMILES string of the molecule is C=C1/C(C)=N\N(C(=O)CCc2cc(C)c(OCC(O)COO[PH](=O)O)c(C)c2)CCC2C1C2(C)C. The summed E-state index contributed by atoms with van der Waals surface area (Å²) in [6.07, 6.45) is 0.843. The van der Waals surface area contributed by atoms with Crippen molar-refractivity contribution < 1.29 is 33.7 Å². The predicted molar refractivity (Wildman–Crippen MR) is 133 cm³/mol. The molecule has 1 aliphatic heterocycles. The lowest BCUT2D eigenvalue weighted by atomic mass is 10.0. The van der Waals surface area contributed by atoms with Crippen molar-refractivity contribution in [2.24, 2.45) is 22.4 Å². The van der Waals surface area contributed by atoms with Crippen LogP contribution in [0.1, 0.15) is 50.3 Å². The molecule has 3 rings (SSSR count). The van der Waals surface area contributed by atoms with Crippen LogP contribution in [0.3, 0.4) is 0 Å². The Morgan fingerprint density at radius 2 is 1.94 bits per heavy atom. The number of hydrazone groups is 1. The summed E-state index contributed by atoms with van der Waals surface area (Å²) < 4.78 is 20.3. The van der Waals surface area contributed by atoms with Gasteiger partial charge in [0, 0.05) is 13.0 Å². The van der Waals surface area contributed by atoms with Gasteiger partial charge < -0.3 is 14.7 Å². The lowest BCUT2D eigenvalue weighted by Crippen LogP contribution is -2.30. The summed E-state index contributed by atoms with van der Waals surface area (Å²) in [6.45, 7) is 14.8. The van der Waals surface area contributed by atoms with Gasteiger partial charge >= 0.3 is 8.25 Å². The number of carbonyl (C=O) groups excluding carboxylic acids is 1. The van der Waals surface area contributed by atoms with Gasteiger partial charge in [0.2, 0.25) is 5.91 Å². The third kappa shape index (κ3) is 6.80. The highest BCUT2D eigenvalue weighted by molar-refractivity contribution is 7.31. The minimum Gasteiger partial charge on any atom is -0.490 e. The van der Waals surface area contributed by atoms with E-state index in [1.54, 1.807) is 5.01 Å². The first-order chi connectivity index (χ1) is 16.4. The van der Waals surface area contributed by atoms with Crippen molar-refractivity contribution >= 4 is 19.9 Å². The van der Waals surface area contributed by atoms with Crippen LogP contribution in [0.2, 0.25) is 0 Å². The number of fused-ring (bicyclic) bond motifs is 1.